The first-order valence-electron chi connectivity index (χ1n) is 9.76. The zero-order valence-corrected chi connectivity index (χ0v) is 15.8. The number of carbonyl (C=O) groups excluding carboxylic acids is 1. The summed E-state index contributed by atoms with van der Waals surface area (Å²) in [6.07, 6.45) is 5.84. The number of hydrogen-bond donors (Lipinski definition) is 0. The quantitative estimate of drug-likeness (QED) is 0.833. The molecule has 0 spiro atoms. The van der Waals surface area contributed by atoms with Gasteiger partial charge in [0, 0.05) is 24.7 Å². The lowest BCUT2D eigenvalue weighted by Crippen LogP contribution is -2.41. The van der Waals surface area contributed by atoms with E-state index >= 15 is 0 Å². The summed E-state index contributed by atoms with van der Waals surface area (Å²) in [5.41, 5.74) is 3.42. The fraction of sp³-hybridized carbons (Fsp3) is 0.476. The molecule has 0 saturated carbocycles. The maximum absolute atomic E-state index is 12.7. The van der Waals surface area contributed by atoms with Crippen molar-refractivity contribution in [1.82, 2.24) is 19.8 Å². The molecule has 2 saturated heterocycles. The lowest BCUT2D eigenvalue weighted by Gasteiger charge is -2.26. The Balaban J connectivity index is 1.56. The molecule has 2 aromatic rings. The minimum Gasteiger partial charge on any atom is -0.378 e. The lowest BCUT2D eigenvalue weighted by molar-refractivity contribution is 0.0299. The SMILES string of the molecule is C[C@@H](c1cccc(-c2cncc(C(=O)N3CCOCC3)n2)c1)N1CCCC1. The molecule has 2 aliphatic heterocycles. The van der Waals surface area contributed by atoms with Crippen molar-refractivity contribution in [2.24, 2.45) is 0 Å². The van der Waals surface area contributed by atoms with Crippen molar-refractivity contribution in [2.45, 2.75) is 25.8 Å². The summed E-state index contributed by atoms with van der Waals surface area (Å²) in [5, 5.41) is 0. The molecule has 142 valence electrons. The number of carbonyl (C=O) groups is 1. The molecule has 6 nitrogen and oxygen atoms in total. The molecule has 0 N–H and O–H groups in total. The first-order chi connectivity index (χ1) is 13.2. The predicted octanol–water partition coefficient (Wildman–Crippen LogP) is 2.77. The zero-order chi connectivity index (χ0) is 18.6. The highest BCUT2D eigenvalue weighted by Crippen LogP contribution is 2.27. The molecular weight excluding hydrogens is 340 g/mol. The second-order valence-electron chi connectivity index (χ2n) is 7.24. The molecule has 2 fully saturated rings. The number of ether oxygens (including phenoxy) is 1. The fourth-order valence-corrected chi connectivity index (χ4v) is 3.83. The van der Waals surface area contributed by atoms with Gasteiger partial charge in [-0.15, -0.1) is 0 Å². The molecule has 0 aliphatic carbocycles. The van der Waals surface area contributed by atoms with E-state index < -0.39 is 0 Å². The van der Waals surface area contributed by atoms with Crippen molar-refractivity contribution in [3.8, 4) is 11.3 Å². The van der Waals surface area contributed by atoms with Crippen LogP contribution in [0, 0.1) is 0 Å². The predicted molar refractivity (Wildman–Crippen MR) is 103 cm³/mol. The standard InChI is InChI=1S/C21H26N4O2/c1-16(24-7-2-3-8-24)17-5-4-6-18(13-17)19-14-22-15-20(23-19)21(26)25-9-11-27-12-10-25/h4-6,13-16H,2-3,7-12H2,1H3/t16-/m0/s1. The van der Waals surface area contributed by atoms with E-state index in [9.17, 15) is 4.79 Å². The average molecular weight is 366 g/mol. The molecule has 0 radical (unpaired) electrons. The number of nitrogens with zero attached hydrogens (tertiary/aromatic N) is 4. The van der Waals surface area contributed by atoms with Crippen LogP contribution in [0.4, 0.5) is 0 Å². The summed E-state index contributed by atoms with van der Waals surface area (Å²) >= 11 is 0. The minimum atomic E-state index is -0.0748. The number of benzene rings is 1. The van der Waals surface area contributed by atoms with Crippen molar-refractivity contribution in [2.75, 3.05) is 39.4 Å². The van der Waals surface area contributed by atoms with Gasteiger partial charge in [0.15, 0.2) is 0 Å². The zero-order valence-electron chi connectivity index (χ0n) is 15.8. The Morgan fingerprint density at radius 1 is 1.11 bits per heavy atom. The number of morpholine rings is 1. The fourth-order valence-electron chi connectivity index (χ4n) is 3.83. The second-order valence-corrected chi connectivity index (χ2v) is 7.24. The third-order valence-electron chi connectivity index (χ3n) is 5.51. The Labute approximate surface area is 160 Å². The number of hydrogen-bond acceptors (Lipinski definition) is 5. The first kappa shape index (κ1) is 18.1. The van der Waals surface area contributed by atoms with Crippen LogP contribution < -0.4 is 0 Å². The van der Waals surface area contributed by atoms with Crippen LogP contribution in [-0.4, -0.2) is 65.1 Å². The summed E-state index contributed by atoms with van der Waals surface area (Å²) in [6.45, 7) is 6.95. The molecule has 6 heteroatoms. The van der Waals surface area contributed by atoms with E-state index in [1.165, 1.54) is 18.4 Å². The molecule has 1 aromatic carbocycles. The van der Waals surface area contributed by atoms with Gasteiger partial charge in [0.1, 0.15) is 5.69 Å². The van der Waals surface area contributed by atoms with Crippen molar-refractivity contribution in [3.63, 3.8) is 0 Å². The van der Waals surface area contributed by atoms with Gasteiger partial charge in [0.05, 0.1) is 31.3 Å². The van der Waals surface area contributed by atoms with Crippen molar-refractivity contribution < 1.29 is 9.53 Å². The topological polar surface area (TPSA) is 58.6 Å². The minimum absolute atomic E-state index is 0.0748. The van der Waals surface area contributed by atoms with Gasteiger partial charge in [-0.25, -0.2) is 4.98 Å². The molecule has 1 aromatic heterocycles. The summed E-state index contributed by atoms with van der Waals surface area (Å²) in [7, 11) is 0. The van der Waals surface area contributed by atoms with Crippen LogP contribution in [0.15, 0.2) is 36.7 Å². The monoisotopic (exact) mass is 366 g/mol. The smallest absolute Gasteiger partial charge is 0.274 e. The van der Waals surface area contributed by atoms with Crippen LogP contribution >= 0.6 is 0 Å². The van der Waals surface area contributed by atoms with Gasteiger partial charge in [-0.2, -0.15) is 0 Å². The van der Waals surface area contributed by atoms with Gasteiger partial charge in [0.2, 0.25) is 0 Å². The molecule has 27 heavy (non-hydrogen) atoms. The van der Waals surface area contributed by atoms with Crippen LogP contribution in [-0.2, 0) is 4.74 Å². The molecule has 2 aliphatic rings. The van der Waals surface area contributed by atoms with Crippen molar-refractivity contribution >= 4 is 5.91 Å². The van der Waals surface area contributed by atoms with E-state index in [4.69, 9.17) is 4.74 Å². The van der Waals surface area contributed by atoms with Crippen LogP contribution in [0.5, 0.6) is 0 Å². The molecule has 1 atom stereocenters. The molecule has 4 rings (SSSR count). The van der Waals surface area contributed by atoms with Gasteiger partial charge < -0.3 is 9.64 Å². The second kappa shape index (κ2) is 8.15. The number of amides is 1. The summed E-state index contributed by atoms with van der Waals surface area (Å²) < 4.78 is 5.32. The van der Waals surface area contributed by atoms with Crippen LogP contribution in [0.1, 0.15) is 41.9 Å². The Bertz CT molecular complexity index is 798. The highest BCUT2D eigenvalue weighted by atomic mass is 16.5. The highest BCUT2D eigenvalue weighted by molar-refractivity contribution is 5.92. The number of aromatic nitrogens is 2. The Morgan fingerprint density at radius 2 is 1.89 bits per heavy atom. The Kier molecular flexibility index (Phi) is 5.45. The van der Waals surface area contributed by atoms with Crippen LogP contribution in [0.3, 0.4) is 0 Å². The van der Waals surface area contributed by atoms with Crippen molar-refractivity contribution in [3.05, 3.63) is 47.9 Å². The van der Waals surface area contributed by atoms with Gasteiger partial charge in [-0.3, -0.25) is 14.7 Å². The van der Waals surface area contributed by atoms with Gasteiger partial charge in [0.25, 0.3) is 5.91 Å². The first-order valence-corrected chi connectivity index (χ1v) is 9.76. The molecule has 3 heterocycles. The van der Waals surface area contributed by atoms with E-state index in [-0.39, 0.29) is 5.91 Å². The van der Waals surface area contributed by atoms with E-state index in [2.05, 4.69) is 40.0 Å². The largest absolute Gasteiger partial charge is 0.378 e. The summed E-state index contributed by atoms with van der Waals surface area (Å²) in [4.78, 5) is 25.9. The Hall–Kier alpha value is -2.31. The van der Waals surface area contributed by atoms with Gasteiger partial charge in [-0.05, 0) is 44.5 Å². The van der Waals surface area contributed by atoms with Crippen LogP contribution in [0.25, 0.3) is 11.3 Å². The van der Waals surface area contributed by atoms with E-state index in [1.54, 1.807) is 17.3 Å². The molecule has 0 unspecified atom stereocenters. The molecular formula is C21H26N4O2. The average Bonchev–Trinajstić information content (AvgIpc) is 3.28. The summed E-state index contributed by atoms with van der Waals surface area (Å²) in [5.74, 6) is -0.0748. The normalized spacial score (nSPS) is 19.2. The van der Waals surface area contributed by atoms with Gasteiger partial charge >= 0.3 is 0 Å². The molecule has 0 bridgehead atoms. The molecule has 1 amide bonds. The van der Waals surface area contributed by atoms with E-state index in [0.717, 1.165) is 24.3 Å². The highest BCUT2D eigenvalue weighted by Gasteiger charge is 2.22. The Morgan fingerprint density at radius 3 is 2.67 bits per heavy atom. The van der Waals surface area contributed by atoms with E-state index in [0.29, 0.717) is 38.0 Å². The third kappa shape index (κ3) is 4.01. The number of rotatable bonds is 4. The van der Waals surface area contributed by atoms with Gasteiger partial charge in [-0.1, -0.05) is 18.2 Å². The maximum Gasteiger partial charge on any atom is 0.274 e. The lowest BCUT2D eigenvalue weighted by atomic mass is 10.0. The van der Waals surface area contributed by atoms with Crippen LogP contribution in [0.2, 0.25) is 0 Å². The van der Waals surface area contributed by atoms with Crippen molar-refractivity contribution in [1.29, 1.82) is 0 Å². The third-order valence-corrected chi connectivity index (χ3v) is 5.51. The maximum atomic E-state index is 12.7. The summed E-state index contributed by atoms with van der Waals surface area (Å²) in [6, 6.07) is 8.83. The van der Waals surface area contributed by atoms with E-state index in [1.807, 2.05) is 6.07 Å². The number of likely N-dealkylation sites (tertiary alicyclic amines) is 1.